The van der Waals surface area contributed by atoms with Crippen molar-refractivity contribution in [3.63, 3.8) is 0 Å². The van der Waals surface area contributed by atoms with Crippen LogP contribution in [0.15, 0.2) is 0 Å². The molecule has 5 nitrogen and oxygen atoms in total. The molecule has 0 radical (unpaired) electrons. The Labute approximate surface area is 127 Å². The highest BCUT2D eigenvalue weighted by molar-refractivity contribution is 5.71. The SMILES string of the molecule is O=C(CN1CCOCC1)OC[C@@H]1CCCN2CCCC[C@@H]12. The van der Waals surface area contributed by atoms with Crippen molar-refractivity contribution in [3.8, 4) is 0 Å². The van der Waals surface area contributed by atoms with Gasteiger partial charge in [-0.05, 0) is 38.8 Å². The Balaban J connectivity index is 1.42. The van der Waals surface area contributed by atoms with Crippen molar-refractivity contribution in [3.05, 3.63) is 0 Å². The van der Waals surface area contributed by atoms with Crippen LogP contribution in [-0.2, 0) is 14.3 Å². The minimum absolute atomic E-state index is 0.0650. The van der Waals surface area contributed by atoms with Crippen molar-refractivity contribution >= 4 is 5.97 Å². The minimum Gasteiger partial charge on any atom is -0.464 e. The number of carbonyl (C=O) groups excluding carboxylic acids is 1. The molecule has 0 bridgehead atoms. The van der Waals surface area contributed by atoms with E-state index >= 15 is 0 Å². The molecule has 3 fully saturated rings. The van der Waals surface area contributed by atoms with Crippen LogP contribution in [0.2, 0.25) is 0 Å². The molecule has 0 saturated carbocycles. The number of nitrogens with zero attached hydrogens (tertiary/aromatic N) is 2. The molecule has 120 valence electrons. The summed E-state index contributed by atoms with van der Waals surface area (Å²) in [6.45, 7) is 6.66. The summed E-state index contributed by atoms with van der Waals surface area (Å²) in [4.78, 5) is 16.7. The molecule has 0 unspecified atom stereocenters. The first-order valence-corrected chi connectivity index (χ1v) is 8.53. The predicted molar refractivity (Wildman–Crippen MR) is 80.2 cm³/mol. The Hall–Kier alpha value is -0.650. The van der Waals surface area contributed by atoms with Crippen LogP contribution in [0.3, 0.4) is 0 Å². The molecule has 5 heteroatoms. The highest BCUT2D eigenvalue weighted by Gasteiger charge is 2.33. The number of piperidine rings is 2. The molecular weight excluding hydrogens is 268 g/mol. The van der Waals surface area contributed by atoms with E-state index in [9.17, 15) is 4.79 Å². The second kappa shape index (κ2) is 7.56. The number of hydrogen-bond donors (Lipinski definition) is 0. The van der Waals surface area contributed by atoms with Gasteiger partial charge >= 0.3 is 5.97 Å². The van der Waals surface area contributed by atoms with Crippen molar-refractivity contribution in [1.82, 2.24) is 9.80 Å². The summed E-state index contributed by atoms with van der Waals surface area (Å²) in [6.07, 6.45) is 6.42. The number of fused-ring (bicyclic) bond motifs is 1. The van der Waals surface area contributed by atoms with Crippen LogP contribution >= 0.6 is 0 Å². The monoisotopic (exact) mass is 296 g/mol. The maximum Gasteiger partial charge on any atom is 0.320 e. The molecule has 3 rings (SSSR count). The summed E-state index contributed by atoms with van der Waals surface area (Å²) < 4.78 is 10.9. The lowest BCUT2D eigenvalue weighted by atomic mass is 9.84. The van der Waals surface area contributed by atoms with Gasteiger partial charge in [0, 0.05) is 25.0 Å². The van der Waals surface area contributed by atoms with Gasteiger partial charge in [-0.1, -0.05) is 6.42 Å². The number of rotatable bonds is 4. The molecule has 3 heterocycles. The van der Waals surface area contributed by atoms with E-state index in [-0.39, 0.29) is 5.97 Å². The Kier molecular flexibility index (Phi) is 5.49. The Morgan fingerprint density at radius 1 is 1.05 bits per heavy atom. The topological polar surface area (TPSA) is 42.0 Å². The van der Waals surface area contributed by atoms with E-state index in [1.54, 1.807) is 0 Å². The molecule has 0 N–H and O–H groups in total. The first-order valence-electron chi connectivity index (χ1n) is 8.53. The summed E-state index contributed by atoms with van der Waals surface area (Å²) in [5.74, 6) is 0.484. The van der Waals surface area contributed by atoms with Crippen LogP contribution in [0.4, 0.5) is 0 Å². The Morgan fingerprint density at radius 2 is 1.86 bits per heavy atom. The van der Waals surface area contributed by atoms with E-state index in [1.165, 1.54) is 45.2 Å². The van der Waals surface area contributed by atoms with Crippen LogP contribution in [0.25, 0.3) is 0 Å². The molecule has 21 heavy (non-hydrogen) atoms. The third-order valence-electron chi connectivity index (χ3n) is 5.14. The van der Waals surface area contributed by atoms with Gasteiger partial charge in [-0.2, -0.15) is 0 Å². The fraction of sp³-hybridized carbons (Fsp3) is 0.938. The first-order chi connectivity index (χ1) is 10.3. The maximum atomic E-state index is 12.0. The second-order valence-corrected chi connectivity index (χ2v) is 6.57. The predicted octanol–water partition coefficient (Wildman–Crippen LogP) is 1.13. The molecule has 3 saturated heterocycles. The second-order valence-electron chi connectivity index (χ2n) is 6.57. The van der Waals surface area contributed by atoms with Gasteiger partial charge < -0.3 is 9.47 Å². The molecule has 2 atom stereocenters. The van der Waals surface area contributed by atoms with E-state index in [2.05, 4.69) is 9.80 Å². The van der Waals surface area contributed by atoms with Gasteiger partial charge in [-0.3, -0.25) is 14.6 Å². The fourth-order valence-electron chi connectivity index (χ4n) is 3.96. The van der Waals surface area contributed by atoms with Gasteiger partial charge in [0.15, 0.2) is 0 Å². The highest BCUT2D eigenvalue weighted by Crippen LogP contribution is 2.30. The Morgan fingerprint density at radius 3 is 2.71 bits per heavy atom. The summed E-state index contributed by atoms with van der Waals surface area (Å²) in [7, 11) is 0. The zero-order chi connectivity index (χ0) is 14.5. The molecule has 3 aliphatic rings. The Bertz CT molecular complexity index is 342. The molecule has 0 aliphatic carbocycles. The molecule has 3 aliphatic heterocycles. The van der Waals surface area contributed by atoms with Gasteiger partial charge in [0.05, 0.1) is 26.4 Å². The highest BCUT2D eigenvalue weighted by atomic mass is 16.5. The molecular formula is C16H28N2O3. The van der Waals surface area contributed by atoms with Crippen LogP contribution < -0.4 is 0 Å². The van der Waals surface area contributed by atoms with Gasteiger partial charge in [0.1, 0.15) is 0 Å². The van der Waals surface area contributed by atoms with Crippen molar-refractivity contribution in [1.29, 1.82) is 0 Å². The standard InChI is InChI=1S/C16H28N2O3/c19-16(12-17-8-10-20-11-9-17)21-13-14-4-3-7-18-6-2-1-5-15(14)18/h14-15H,1-13H2/t14-,15-/m0/s1. The molecule has 0 aromatic heterocycles. The van der Waals surface area contributed by atoms with Crippen LogP contribution in [-0.4, -0.2) is 74.4 Å². The average molecular weight is 296 g/mol. The maximum absolute atomic E-state index is 12.0. The summed E-state index contributed by atoms with van der Waals surface area (Å²) in [5.41, 5.74) is 0. The number of hydrogen-bond acceptors (Lipinski definition) is 5. The first kappa shape index (κ1) is 15.3. The lowest BCUT2D eigenvalue weighted by molar-refractivity contribution is -0.148. The lowest BCUT2D eigenvalue weighted by Gasteiger charge is -2.44. The van der Waals surface area contributed by atoms with Crippen LogP contribution in [0, 0.1) is 5.92 Å². The molecule has 0 amide bonds. The average Bonchev–Trinajstić information content (AvgIpc) is 2.54. The summed E-state index contributed by atoms with van der Waals surface area (Å²) in [5, 5.41) is 0. The van der Waals surface area contributed by atoms with Crippen molar-refractivity contribution in [2.45, 2.75) is 38.1 Å². The fourth-order valence-corrected chi connectivity index (χ4v) is 3.96. The van der Waals surface area contributed by atoms with Crippen LogP contribution in [0.5, 0.6) is 0 Å². The van der Waals surface area contributed by atoms with Crippen LogP contribution in [0.1, 0.15) is 32.1 Å². The van der Waals surface area contributed by atoms with Gasteiger partial charge in [0.25, 0.3) is 0 Å². The smallest absolute Gasteiger partial charge is 0.320 e. The lowest BCUT2D eigenvalue weighted by Crippen LogP contribution is -2.49. The number of morpholine rings is 1. The summed E-state index contributed by atoms with van der Waals surface area (Å²) >= 11 is 0. The third-order valence-corrected chi connectivity index (χ3v) is 5.14. The largest absolute Gasteiger partial charge is 0.464 e. The zero-order valence-electron chi connectivity index (χ0n) is 13.0. The van der Waals surface area contributed by atoms with Gasteiger partial charge in [-0.25, -0.2) is 0 Å². The summed E-state index contributed by atoms with van der Waals surface area (Å²) in [6, 6.07) is 0.656. The number of ether oxygens (including phenoxy) is 2. The normalized spacial score (nSPS) is 31.6. The number of carbonyl (C=O) groups is 1. The van der Waals surface area contributed by atoms with Crippen molar-refractivity contribution in [2.75, 3.05) is 52.5 Å². The quantitative estimate of drug-likeness (QED) is 0.728. The van der Waals surface area contributed by atoms with E-state index in [1.807, 2.05) is 0 Å². The van der Waals surface area contributed by atoms with E-state index in [0.717, 1.165) is 26.3 Å². The van der Waals surface area contributed by atoms with E-state index in [4.69, 9.17) is 9.47 Å². The molecule has 0 spiro atoms. The number of esters is 1. The third kappa shape index (κ3) is 4.18. The molecule has 0 aromatic carbocycles. The van der Waals surface area contributed by atoms with Gasteiger partial charge in [0.2, 0.25) is 0 Å². The van der Waals surface area contributed by atoms with E-state index in [0.29, 0.717) is 25.1 Å². The minimum atomic E-state index is -0.0650. The molecule has 0 aromatic rings. The van der Waals surface area contributed by atoms with Crippen molar-refractivity contribution < 1.29 is 14.3 Å². The van der Waals surface area contributed by atoms with Crippen molar-refractivity contribution in [2.24, 2.45) is 5.92 Å². The zero-order valence-corrected chi connectivity index (χ0v) is 13.0. The van der Waals surface area contributed by atoms with E-state index < -0.39 is 0 Å². The van der Waals surface area contributed by atoms with Gasteiger partial charge in [-0.15, -0.1) is 0 Å².